The maximum absolute atomic E-state index is 5.79. The number of nitrogens with zero attached hydrogens (tertiary/aromatic N) is 4. The molecular formula is C21H24N4OS. The Morgan fingerprint density at radius 2 is 2.00 bits per heavy atom. The van der Waals surface area contributed by atoms with Gasteiger partial charge in [0.2, 0.25) is 5.16 Å². The Morgan fingerprint density at radius 1 is 1.19 bits per heavy atom. The Kier molecular flexibility index (Phi) is 5.96. The van der Waals surface area contributed by atoms with Gasteiger partial charge in [0, 0.05) is 11.3 Å². The summed E-state index contributed by atoms with van der Waals surface area (Å²) >= 11 is 1.59. The van der Waals surface area contributed by atoms with Gasteiger partial charge in [-0.3, -0.25) is 0 Å². The van der Waals surface area contributed by atoms with Crippen LogP contribution in [-0.4, -0.2) is 26.8 Å². The smallest absolute Gasteiger partial charge is 0.214 e. The van der Waals surface area contributed by atoms with Crippen molar-refractivity contribution in [2.45, 2.75) is 38.6 Å². The highest BCUT2D eigenvalue weighted by Crippen LogP contribution is 2.30. The molecule has 5 nitrogen and oxygen atoms in total. The van der Waals surface area contributed by atoms with E-state index in [1.165, 1.54) is 5.56 Å². The fourth-order valence-corrected chi connectivity index (χ4v) is 3.63. The van der Waals surface area contributed by atoms with Gasteiger partial charge >= 0.3 is 0 Å². The van der Waals surface area contributed by atoms with Gasteiger partial charge in [-0.25, -0.2) is 0 Å². The largest absolute Gasteiger partial charge is 0.494 e. The second-order valence-electron chi connectivity index (χ2n) is 6.49. The van der Waals surface area contributed by atoms with Crippen LogP contribution in [0.4, 0.5) is 0 Å². The van der Waals surface area contributed by atoms with Crippen LogP contribution in [-0.2, 0) is 5.75 Å². The van der Waals surface area contributed by atoms with E-state index in [9.17, 15) is 0 Å². The van der Waals surface area contributed by atoms with Crippen LogP contribution in [0.5, 0.6) is 5.75 Å². The number of benzene rings is 2. The lowest BCUT2D eigenvalue weighted by Gasteiger charge is -2.12. The molecule has 140 valence electrons. The lowest BCUT2D eigenvalue weighted by atomic mass is 10.1. The third-order valence-electron chi connectivity index (χ3n) is 4.24. The molecule has 0 aliphatic heterocycles. The monoisotopic (exact) mass is 380 g/mol. The molecule has 3 aromatic rings. The molecule has 0 fully saturated rings. The Balaban J connectivity index is 1.88. The predicted molar refractivity (Wildman–Crippen MR) is 111 cm³/mol. The van der Waals surface area contributed by atoms with E-state index >= 15 is 0 Å². The minimum atomic E-state index is 0.629. The maximum atomic E-state index is 5.79. The van der Waals surface area contributed by atoms with E-state index in [2.05, 4.69) is 60.2 Å². The van der Waals surface area contributed by atoms with Gasteiger partial charge in [0.1, 0.15) is 5.75 Å². The first-order valence-electron chi connectivity index (χ1n) is 8.90. The fraction of sp³-hybridized carbons (Fsp3) is 0.286. The van der Waals surface area contributed by atoms with Gasteiger partial charge in [-0.2, -0.15) is 4.68 Å². The molecule has 0 saturated carbocycles. The first-order chi connectivity index (χ1) is 13.0. The molecular weight excluding hydrogens is 356 g/mol. The molecule has 1 heterocycles. The van der Waals surface area contributed by atoms with Crippen LogP contribution in [0, 0.1) is 13.8 Å². The number of hydrogen-bond acceptors (Lipinski definition) is 5. The molecule has 0 bridgehead atoms. The zero-order chi connectivity index (χ0) is 19.4. The maximum Gasteiger partial charge on any atom is 0.214 e. The highest BCUT2D eigenvalue weighted by atomic mass is 32.2. The van der Waals surface area contributed by atoms with Crippen molar-refractivity contribution in [2.24, 2.45) is 0 Å². The van der Waals surface area contributed by atoms with Gasteiger partial charge in [-0.1, -0.05) is 42.1 Å². The first kappa shape index (κ1) is 19.2. The number of tetrazole rings is 1. The molecule has 6 heteroatoms. The highest BCUT2D eigenvalue weighted by Gasteiger charge is 2.13. The molecule has 2 aromatic carbocycles. The van der Waals surface area contributed by atoms with E-state index in [0.717, 1.165) is 38.9 Å². The molecule has 0 aliphatic carbocycles. The summed E-state index contributed by atoms with van der Waals surface area (Å²) in [5, 5.41) is 13.1. The van der Waals surface area contributed by atoms with E-state index < -0.39 is 0 Å². The van der Waals surface area contributed by atoms with Crippen LogP contribution in [0.25, 0.3) is 11.3 Å². The molecule has 0 radical (unpaired) electrons. The van der Waals surface area contributed by atoms with Gasteiger partial charge in [0.25, 0.3) is 0 Å². The van der Waals surface area contributed by atoms with Crippen LogP contribution >= 0.6 is 11.8 Å². The average molecular weight is 381 g/mol. The quantitative estimate of drug-likeness (QED) is 0.540. The Bertz CT molecular complexity index is 965. The number of aromatic nitrogens is 4. The van der Waals surface area contributed by atoms with Crippen molar-refractivity contribution in [3.05, 3.63) is 65.2 Å². The minimum absolute atomic E-state index is 0.629. The number of thioether (sulfide) groups is 1. The van der Waals surface area contributed by atoms with Crippen molar-refractivity contribution in [2.75, 3.05) is 6.61 Å². The molecule has 0 amide bonds. The SMILES string of the molecule is C=C(C)c1ccc(OCC)c(CSc2nnnn2-c2cc(C)ccc2C)c1. The predicted octanol–water partition coefficient (Wildman–Crippen LogP) is 5.00. The standard InChI is InChI=1S/C21H24N4OS/c1-6-26-20-10-9-17(14(2)3)12-18(20)13-27-21-22-23-24-25(21)19-11-15(4)7-8-16(19)5/h7-12H,2,6,13H2,1,3-5H3. The summed E-state index contributed by atoms with van der Waals surface area (Å²) in [6.45, 7) is 12.8. The van der Waals surface area contributed by atoms with E-state index in [0.29, 0.717) is 12.4 Å². The summed E-state index contributed by atoms with van der Waals surface area (Å²) in [4.78, 5) is 0. The first-order valence-corrected chi connectivity index (χ1v) is 9.88. The minimum Gasteiger partial charge on any atom is -0.494 e. The molecule has 0 N–H and O–H groups in total. The summed E-state index contributed by atoms with van der Waals surface area (Å²) in [7, 11) is 0. The number of allylic oxidation sites excluding steroid dienone is 1. The van der Waals surface area contributed by atoms with Crippen molar-refractivity contribution >= 4 is 17.3 Å². The number of aryl methyl sites for hydroxylation is 2. The van der Waals surface area contributed by atoms with Crippen molar-refractivity contribution < 1.29 is 4.74 Å². The number of ether oxygens (including phenoxy) is 1. The van der Waals surface area contributed by atoms with Gasteiger partial charge in [0.15, 0.2) is 0 Å². The van der Waals surface area contributed by atoms with E-state index in [4.69, 9.17) is 4.74 Å². The van der Waals surface area contributed by atoms with Crippen LogP contribution < -0.4 is 4.74 Å². The van der Waals surface area contributed by atoms with Crippen molar-refractivity contribution in [3.8, 4) is 11.4 Å². The zero-order valence-corrected chi connectivity index (χ0v) is 17.0. The topological polar surface area (TPSA) is 52.8 Å². The summed E-state index contributed by atoms with van der Waals surface area (Å²) < 4.78 is 7.59. The molecule has 0 saturated heterocycles. The lowest BCUT2D eigenvalue weighted by Crippen LogP contribution is -2.02. The van der Waals surface area contributed by atoms with Gasteiger partial charge in [0.05, 0.1) is 12.3 Å². The number of hydrogen-bond donors (Lipinski definition) is 0. The normalized spacial score (nSPS) is 10.8. The van der Waals surface area contributed by atoms with Crippen molar-refractivity contribution in [1.29, 1.82) is 0 Å². The molecule has 1 aromatic heterocycles. The van der Waals surface area contributed by atoms with Gasteiger partial charge < -0.3 is 4.74 Å². The van der Waals surface area contributed by atoms with Gasteiger partial charge in [-0.05, 0) is 73.0 Å². The van der Waals surface area contributed by atoms with Crippen LogP contribution in [0.1, 0.15) is 36.1 Å². The third-order valence-corrected chi connectivity index (χ3v) is 5.21. The molecule has 3 rings (SSSR count). The Hall–Kier alpha value is -2.60. The summed E-state index contributed by atoms with van der Waals surface area (Å²) in [6.07, 6.45) is 0. The zero-order valence-electron chi connectivity index (χ0n) is 16.2. The second-order valence-corrected chi connectivity index (χ2v) is 7.43. The summed E-state index contributed by atoms with van der Waals surface area (Å²) in [5.41, 5.74) is 6.57. The van der Waals surface area contributed by atoms with Crippen molar-refractivity contribution in [3.63, 3.8) is 0 Å². The van der Waals surface area contributed by atoms with E-state index in [1.807, 2.05) is 26.0 Å². The van der Waals surface area contributed by atoms with E-state index in [-0.39, 0.29) is 0 Å². The van der Waals surface area contributed by atoms with Gasteiger partial charge in [-0.15, -0.1) is 5.10 Å². The average Bonchev–Trinajstić information content (AvgIpc) is 3.11. The van der Waals surface area contributed by atoms with E-state index in [1.54, 1.807) is 16.4 Å². The van der Waals surface area contributed by atoms with Crippen molar-refractivity contribution in [1.82, 2.24) is 20.2 Å². The lowest BCUT2D eigenvalue weighted by molar-refractivity contribution is 0.337. The summed E-state index contributed by atoms with van der Waals surface area (Å²) in [5.74, 6) is 1.60. The molecule has 27 heavy (non-hydrogen) atoms. The fourth-order valence-electron chi connectivity index (χ4n) is 2.76. The molecule has 0 atom stereocenters. The number of rotatable bonds is 7. The Labute approximate surface area is 164 Å². The van der Waals surface area contributed by atoms with Crippen LogP contribution in [0.15, 0.2) is 48.1 Å². The molecule has 0 spiro atoms. The second kappa shape index (κ2) is 8.39. The van der Waals surface area contributed by atoms with Crippen LogP contribution in [0.2, 0.25) is 0 Å². The third kappa shape index (κ3) is 4.39. The molecule has 0 aliphatic rings. The van der Waals surface area contributed by atoms with Crippen LogP contribution in [0.3, 0.4) is 0 Å². The summed E-state index contributed by atoms with van der Waals surface area (Å²) in [6, 6.07) is 12.5. The molecule has 0 unspecified atom stereocenters. The highest BCUT2D eigenvalue weighted by molar-refractivity contribution is 7.98. The Morgan fingerprint density at radius 3 is 2.74 bits per heavy atom.